The highest BCUT2D eigenvalue weighted by Gasteiger charge is 2.28. The molecule has 0 atom stereocenters. The van der Waals surface area contributed by atoms with E-state index in [0.717, 1.165) is 11.1 Å². The Kier molecular flexibility index (Phi) is 6.11. The van der Waals surface area contributed by atoms with Crippen LogP contribution in [0.1, 0.15) is 27.0 Å². The molecule has 0 bridgehead atoms. The van der Waals surface area contributed by atoms with Crippen LogP contribution in [0.3, 0.4) is 0 Å². The van der Waals surface area contributed by atoms with Crippen LogP contribution in [0.4, 0.5) is 0 Å². The molecule has 7 nitrogen and oxygen atoms in total. The van der Waals surface area contributed by atoms with Gasteiger partial charge in [-0.25, -0.2) is 0 Å². The largest absolute Gasteiger partial charge is 0.503 e. The van der Waals surface area contributed by atoms with E-state index in [-0.39, 0.29) is 29.3 Å². The van der Waals surface area contributed by atoms with E-state index in [0.29, 0.717) is 5.75 Å². The van der Waals surface area contributed by atoms with Crippen LogP contribution in [-0.2, 0) is 6.54 Å². The van der Waals surface area contributed by atoms with Gasteiger partial charge in [-0.15, -0.1) is 0 Å². The normalized spacial score (nSPS) is 10.5. The standard InChI is InChI=1S/C23H23NO6/c1-14-5-9-16(10-6-14)19(25)18-20(26)21(29-3)23(30-4)24(22(18)27)13-15-7-11-17(28-2)12-8-15/h5-12,26H,13H2,1-4H3. The number of hydrogen-bond acceptors (Lipinski definition) is 6. The monoisotopic (exact) mass is 409 g/mol. The highest BCUT2D eigenvalue weighted by molar-refractivity contribution is 6.11. The molecule has 1 aromatic heterocycles. The fraction of sp³-hybridized carbons (Fsp3) is 0.217. The topological polar surface area (TPSA) is 87.0 Å². The number of methoxy groups -OCH3 is 3. The Morgan fingerprint density at radius 1 is 0.933 bits per heavy atom. The van der Waals surface area contributed by atoms with Gasteiger partial charge in [-0.2, -0.15) is 0 Å². The maximum Gasteiger partial charge on any atom is 0.268 e. The first-order chi connectivity index (χ1) is 14.4. The summed E-state index contributed by atoms with van der Waals surface area (Å²) in [4.78, 5) is 26.3. The third-order valence-corrected chi connectivity index (χ3v) is 4.79. The molecule has 0 aliphatic carbocycles. The highest BCUT2D eigenvalue weighted by atomic mass is 16.5. The second-order valence-electron chi connectivity index (χ2n) is 6.70. The average Bonchev–Trinajstić information content (AvgIpc) is 2.76. The van der Waals surface area contributed by atoms with E-state index in [9.17, 15) is 14.7 Å². The number of pyridine rings is 1. The van der Waals surface area contributed by atoms with Crippen molar-refractivity contribution in [3.05, 3.63) is 81.1 Å². The smallest absolute Gasteiger partial charge is 0.268 e. The molecule has 3 aromatic rings. The number of benzene rings is 2. The minimum atomic E-state index is -0.674. The molecule has 1 heterocycles. The van der Waals surface area contributed by atoms with E-state index < -0.39 is 17.1 Å². The number of hydrogen-bond donors (Lipinski definition) is 1. The minimum absolute atomic E-state index is 0.0243. The van der Waals surface area contributed by atoms with Crippen LogP contribution >= 0.6 is 0 Å². The zero-order valence-electron chi connectivity index (χ0n) is 17.3. The van der Waals surface area contributed by atoms with Crippen molar-refractivity contribution < 1.29 is 24.1 Å². The molecule has 0 saturated heterocycles. The van der Waals surface area contributed by atoms with E-state index in [4.69, 9.17) is 14.2 Å². The summed E-state index contributed by atoms with van der Waals surface area (Å²) in [5.41, 5.74) is 0.991. The van der Waals surface area contributed by atoms with Crippen molar-refractivity contribution in [1.82, 2.24) is 4.57 Å². The zero-order chi connectivity index (χ0) is 21.8. The maximum atomic E-state index is 13.3. The molecule has 2 aromatic carbocycles. The van der Waals surface area contributed by atoms with Gasteiger partial charge in [0.1, 0.15) is 11.3 Å². The van der Waals surface area contributed by atoms with Crippen molar-refractivity contribution in [3.63, 3.8) is 0 Å². The molecule has 0 spiro atoms. The predicted molar refractivity (Wildman–Crippen MR) is 112 cm³/mol. The Morgan fingerprint density at radius 3 is 2.10 bits per heavy atom. The summed E-state index contributed by atoms with van der Waals surface area (Å²) in [6, 6.07) is 13.9. The van der Waals surface area contributed by atoms with Crippen molar-refractivity contribution in [3.8, 4) is 23.1 Å². The SMILES string of the molecule is COc1ccc(Cn2c(OC)c(OC)c(O)c(C(=O)c3ccc(C)cc3)c2=O)cc1. The van der Waals surface area contributed by atoms with Crippen molar-refractivity contribution in [2.45, 2.75) is 13.5 Å². The molecule has 0 amide bonds. The van der Waals surface area contributed by atoms with Crippen LogP contribution in [0.5, 0.6) is 23.1 Å². The van der Waals surface area contributed by atoms with E-state index >= 15 is 0 Å². The van der Waals surface area contributed by atoms with Gasteiger partial charge in [-0.3, -0.25) is 14.2 Å². The van der Waals surface area contributed by atoms with Gasteiger partial charge in [-0.05, 0) is 24.6 Å². The molecule has 156 valence electrons. The van der Waals surface area contributed by atoms with Gasteiger partial charge < -0.3 is 19.3 Å². The lowest BCUT2D eigenvalue weighted by molar-refractivity contribution is 0.103. The molecule has 30 heavy (non-hydrogen) atoms. The Morgan fingerprint density at radius 2 is 1.57 bits per heavy atom. The third-order valence-electron chi connectivity index (χ3n) is 4.79. The van der Waals surface area contributed by atoms with Crippen molar-refractivity contribution in [2.24, 2.45) is 0 Å². The number of ketones is 1. The molecule has 0 unspecified atom stereocenters. The fourth-order valence-corrected chi connectivity index (χ4v) is 3.16. The second-order valence-corrected chi connectivity index (χ2v) is 6.70. The first kappa shape index (κ1) is 21.0. The predicted octanol–water partition coefficient (Wildman–Crippen LogP) is 3.17. The number of aromatic nitrogens is 1. The summed E-state index contributed by atoms with van der Waals surface area (Å²) in [5, 5.41) is 10.7. The Balaban J connectivity index is 2.18. The van der Waals surface area contributed by atoms with Crippen LogP contribution < -0.4 is 19.8 Å². The van der Waals surface area contributed by atoms with E-state index in [1.54, 1.807) is 55.6 Å². The third kappa shape index (κ3) is 3.87. The first-order valence-electron chi connectivity index (χ1n) is 9.23. The summed E-state index contributed by atoms with van der Waals surface area (Å²) in [6.45, 7) is 2.00. The van der Waals surface area contributed by atoms with E-state index in [1.165, 1.54) is 18.8 Å². The molecular formula is C23H23NO6. The molecule has 0 radical (unpaired) electrons. The number of carbonyl (C=O) groups excluding carboxylic acids is 1. The number of aryl methyl sites for hydroxylation is 1. The van der Waals surface area contributed by atoms with E-state index in [2.05, 4.69) is 0 Å². The Labute approximate surface area is 174 Å². The van der Waals surface area contributed by atoms with E-state index in [1.807, 2.05) is 6.92 Å². The second kappa shape index (κ2) is 8.73. The van der Waals surface area contributed by atoms with Gasteiger partial charge in [-0.1, -0.05) is 42.0 Å². The number of aromatic hydroxyl groups is 1. The Bertz CT molecular complexity index is 1110. The van der Waals surface area contributed by atoms with Crippen LogP contribution in [-0.4, -0.2) is 36.8 Å². The van der Waals surface area contributed by atoms with Gasteiger partial charge in [0.05, 0.1) is 27.9 Å². The molecule has 0 saturated carbocycles. The molecular weight excluding hydrogens is 386 g/mol. The van der Waals surface area contributed by atoms with Crippen LogP contribution in [0, 0.1) is 6.92 Å². The molecule has 0 fully saturated rings. The molecule has 1 N–H and O–H groups in total. The van der Waals surface area contributed by atoms with Gasteiger partial charge >= 0.3 is 0 Å². The van der Waals surface area contributed by atoms with Gasteiger partial charge in [0, 0.05) is 5.56 Å². The lowest BCUT2D eigenvalue weighted by atomic mass is 10.0. The summed E-state index contributed by atoms with van der Waals surface area (Å²) < 4.78 is 17.0. The average molecular weight is 409 g/mol. The summed E-state index contributed by atoms with van der Waals surface area (Å²) in [5.74, 6) is -0.522. The molecule has 7 heteroatoms. The lowest BCUT2D eigenvalue weighted by Gasteiger charge is -2.18. The van der Waals surface area contributed by atoms with Gasteiger partial charge in [0.25, 0.3) is 5.56 Å². The molecule has 3 rings (SSSR count). The van der Waals surface area contributed by atoms with Crippen LogP contribution in [0.15, 0.2) is 53.3 Å². The van der Waals surface area contributed by atoms with Gasteiger partial charge in [0.2, 0.25) is 17.4 Å². The van der Waals surface area contributed by atoms with Crippen LogP contribution in [0.2, 0.25) is 0 Å². The van der Waals surface area contributed by atoms with Crippen molar-refractivity contribution in [1.29, 1.82) is 0 Å². The minimum Gasteiger partial charge on any atom is -0.503 e. The lowest BCUT2D eigenvalue weighted by Crippen LogP contribution is -2.29. The number of carbonyl (C=O) groups is 1. The summed E-state index contributed by atoms with van der Waals surface area (Å²) >= 11 is 0. The fourth-order valence-electron chi connectivity index (χ4n) is 3.16. The maximum absolute atomic E-state index is 13.3. The Hall–Kier alpha value is -3.74. The quantitative estimate of drug-likeness (QED) is 0.603. The molecule has 0 aliphatic heterocycles. The van der Waals surface area contributed by atoms with Crippen molar-refractivity contribution in [2.75, 3.05) is 21.3 Å². The molecule has 0 aliphatic rings. The number of ether oxygens (including phenoxy) is 3. The summed E-state index contributed by atoms with van der Waals surface area (Å²) in [7, 11) is 4.26. The highest BCUT2D eigenvalue weighted by Crippen LogP contribution is 2.38. The summed E-state index contributed by atoms with van der Waals surface area (Å²) in [6.07, 6.45) is 0. The number of nitrogens with zero attached hydrogens (tertiary/aromatic N) is 1. The first-order valence-corrected chi connectivity index (χ1v) is 9.23. The van der Waals surface area contributed by atoms with Crippen LogP contribution in [0.25, 0.3) is 0 Å². The zero-order valence-corrected chi connectivity index (χ0v) is 17.3. The van der Waals surface area contributed by atoms with Gasteiger partial charge in [0.15, 0.2) is 5.75 Å². The van der Waals surface area contributed by atoms with Crippen molar-refractivity contribution >= 4 is 5.78 Å². The number of rotatable bonds is 7.